The van der Waals surface area contributed by atoms with Gasteiger partial charge in [0.2, 0.25) is 17.2 Å². The molecule has 18 nitrogen and oxygen atoms in total. The van der Waals surface area contributed by atoms with Gasteiger partial charge in [0.25, 0.3) is 26.1 Å². The molecular formula is C29H22BrClN10O8S2. The van der Waals surface area contributed by atoms with Crippen LogP contribution in [0.15, 0.2) is 104 Å². The number of benzene rings is 4. The number of amides is 3. The summed E-state index contributed by atoms with van der Waals surface area (Å²) in [6.45, 7) is 3.46. The molecule has 22 heteroatoms. The number of nitrogens with zero attached hydrogens (tertiary/aromatic N) is 5. The standard InChI is InChI=1S/C29H22BrClN10O8S2/c1-14(30)25(42)33-15-7-10-24(51(47,48)49)22(13-15)36-29-38-26(31)37-28(39-29)34-16-6-8-20(21(12-16)35-27(32)43)41-40-19-9-11-23(50(44,45)46)18-5-3-2-4-17(18)19/h2-13H,1H2,(H,33,42)(H3,32,35,43)(H,44,45,46)(H,47,48,49)(H2,34,36,37,38,39). The van der Waals surface area contributed by atoms with Gasteiger partial charge in [-0.3, -0.25) is 13.9 Å². The van der Waals surface area contributed by atoms with Crippen molar-refractivity contribution < 1.29 is 35.5 Å². The number of hydrogen-bond acceptors (Lipinski definition) is 13. The van der Waals surface area contributed by atoms with Crippen molar-refractivity contribution in [2.45, 2.75) is 9.79 Å². The van der Waals surface area contributed by atoms with Crippen LogP contribution in [0.1, 0.15) is 0 Å². The molecule has 4 aromatic carbocycles. The second-order valence-electron chi connectivity index (χ2n) is 10.1. The van der Waals surface area contributed by atoms with Crippen molar-refractivity contribution in [1.29, 1.82) is 0 Å². The molecular weight excluding hydrogens is 796 g/mol. The predicted molar refractivity (Wildman–Crippen MR) is 192 cm³/mol. The van der Waals surface area contributed by atoms with Gasteiger partial charge in [-0.25, -0.2) is 4.79 Å². The number of nitrogens with one attached hydrogen (secondary N) is 4. The Kier molecular flexibility index (Phi) is 10.6. The van der Waals surface area contributed by atoms with Crippen LogP contribution in [0.25, 0.3) is 10.8 Å². The summed E-state index contributed by atoms with van der Waals surface area (Å²) < 4.78 is 67.2. The summed E-state index contributed by atoms with van der Waals surface area (Å²) >= 11 is 9.06. The van der Waals surface area contributed by atoms with Gasteiger partial charge in [0.1, 0.15) is 15.5 Å². The Morgan fingerprint density at radius 2 is 1.31 bits per heavy atom. The monoisotopic (exact) mass is 816 g/mol. The number of halogens is 2. The fourth-order valence-electron chi connectivity index (χ4n) is 4.45. The van der Waals surface area contributed by atoms with Gasteiger partial charge < -0.3 is 27.0 Å². The number of primary amides is 1. The van der Waals surface area contributed by atoms with Crippen LogP contribution in [0.3, 0.4) is 0 Å². The Morgan fingerprint density at radius 1 is 0.745 bits per heavy atom. The van der Waals surface area contributed by atoms with E-state index in [0.29, 0.717) is 5.39 Å². The zero-order valence-corrected chi connectivity index (χ0v) is 29.3. The molecule has 0 saturated carbocycles. The smallest absolute Gasteiger partial charge is 0.316 e. The molecule has 8 N–H and O–H groups in total. The minimum atomic E-state index is -4.76. The number of hydrogen-bond donors (Lipinski definition) is 7. The van der Waals surface area contributed by atoms with Gasteiger partial charge in [0.15, 0.2) is 0 Å². The molecule has 262 valence electrons. The van der Waals surface area contributed by atoms with Crippen molar-refractivity contribution >= 4 is 116 Å². The lowest BCUT2D eigenvalue weighted by molar-refractivity contribution is -0.112. The molecule has 3 amide bonds. The van der Waals surface area contributed by atoms with Gasteiger partial charge in [0.05, 0.1) is 21.5 Å². The first-order valence-electron chi connectivity index (χ1n) is 13.8. The van der Waals surface area contributed by atoms with E-state index in [2.05, 4.69) is 69.0 Å². The lowest BCUT2D eigenvalue weighted by Gasteiger charge is -2.13. The molecule has 0 spiro atoms. The maximum absolute atomic E-state index is 12.1. The highest BCUT2D eigenvalue weighted by molar-refractivity contribution is 9.12. The maximum atomic E-state index is 12.1. The van der Waals surface area contributed by atoms with Crippen LogP contribution in [0, 0.1) is 0 Å². The summed E-state index contributed by atoms with van der Waals surface area (Å²) in [4.78, 5) is 35.1. The first kappa shape index (κ1) is 36.7. The first-order valence-corrected chi connectivity index (χ1v) is 17.9. The van der Waals surface area contributed by atoms with E-state index in [0.717, 1.165) is 6.07 Å². The van der Waals surface area contributed by atoms with Crippen LogP contribution < -0.4 is 27.0 Å². The van der Waals surface area contributed by atoms with Gasteiger partial charge in [-0.1, -0.05) is 30.8 Å². The summed E-state index contributed by atoms with van der Waals surface area (Å²) in [5.74, 6) is -1.05. The molecule has 5 aromatic rings. The first-order chi connectivity index (χ1) is 24.0. The Morgan fingerprint density at radius 3 is 1.96 bits per heavy atom. The van der Waals surface area contributed by atoms with Crippen molar-refractivity contribution in [3.05, 3.63) is 89.1 Å². The number of anilines is 6. The molecule has 0 unspecified atom stereocenters. The number of azo groups is 1. The minimum Gasteiger partial charge on any atom is -0.351 e. The van der Waals surface area contributed by atoms with E-state index in [4.69, 9.17) is 17.3 Å². The molecule has 5 rings (SSSR count). The Bertz CT molecular complexity index is 2500. The number of fused-ring (bicyclic) bond motifs is 1. The second kappa shape index (κ2) is 14.7. The number of carbonyl (C=O) groups excluding carboxylic acids is 2. The summed E-state index contributed by atoms with van der Waals surface area (Å²) in [5.41, 5.74) is 6.00. The second-order valence-corrected chi connectivity index (χ2v) is 14.1. The van der Waals surface area contributed by atoms with E-state index >= 15 is 0 Å². The van der Waals surface area contributed by atoms with Crippen LogP contribution in [0.2, 0.25) is 5.28 Å². The zero-order valence-electron chi connectivity index (χ0n) is 25.4. The molecule has 0 aliphatic rings. The van der Waals surface area contributed by atoms with E-state index in [9.17, 15) is 35.5 Å². The number of nitrogens with two attached hydrogens (primary N) is 1. The molecule has 0 radical (unpaired) electrons. The van der Waals surface area contributed by atoms with Crippen LogP contribution >= 0.6 is 27.5 Å². The minimum absolute atomic E-state index is 0.00259. The Labute approximate surface area is 301 Å². The third-order valence-electron chi connectivity index (χ3n) is 6.53. The van der Waals surface area contributed by atoms with Gasteiger partial charge in [0, 0.05) is 22.1 Å². The Balaban J connectivity index is 1.45. The summed E-state index contributed by atoms with van der Waals surface area (Å²) in [6.07, 6.45) is 0. The number of urea groups is 1. The largest absolute Gasteiger partial charge is 0.351 e. The molecule has 0 bridgehead atoms. The average Bonchev–Trinajstić information content (AvgIpc) is 3.02. The van der Waals surface area contributed by atoms with E-state index < -0.39 is 37.1 Å². The van der Waals surface area contributed by atoms with E-state index in [1.54, 1.807) is 18.2 Å². The van der Waals surface area contributed by atoms with E-state index in [1.807, 2.05) is 0 Å². The fourth-order valence-corrected chi connectivity index (χ4v) is 6.03. The normalized spacial score (nSPS) is 11.7. The molecule has 1 aromatic heterocycles. The highest BCUT2D eigenvalue weighted by Crippen LogP contribution is 2.35. The van der Waals surface area contributed by atoms with Gasteiger partial charge in [-0.15, -0.1) is 10.2 Å². The molecule has 0 saturated heterocycles. The van der Waals surface area contributed by atoms with Crippen molar-refractivity contribution in [2.24, 2.45) is 16.0 Å². The summed E-state index contributed by atoms with van der Waals surface area (Å²) in [5, 5.41) is 19.1. The lowest BCUT2D eigenvalue weighted by atomic mass is 10.1. The van der Waals surface area contributed by atoms with E-state index in [1.165, 1.54) is 48.5 Å². The van der Waals surface area contributed by atoms with Gasteiger partial charge in [-0.05, 0) is 76.1 Å². The average molecular weight is 818 g/mol. The number of carbonyl (C=O) groups is 2. The van der Waals surface area contributed by atoms with Crippen LogP contribution in [-0.2, 0) is 25.0 Å². The van der Waals surface area contributed by atoms with Crippen molar-refractivity contribution in [3.63, 3.8) is 0 Å². The molecule has 51 heavy (non-hydrogen) atoms. The third kappa shape index (κ3) is 9.16. The quantitative estimate of drug-likeness (QED) is 0.0431. The van der Waals surface area contributed by atoms with Gasteiger partial charge in [-0.2, -0.15) is 31.8 Å². The lowest BCUT2D eigenvalue weighted by Crippen LogP contribution is -2.19. The molecule has 0 aliphatic heterocycles. The topological polar surface area (TPSA) is 280 Å². The summed E-state index contributed by atoms with van der Waals surface area (Å²) in [6, 6.07) is 15.8. The fraction of sp³-hybridized carbons (Fsp3) is 0. The van der Waals surface area contributed by atoms with Crippen LogP contribution in [-0.4, -0.2) is 52.8 Å². The van der Waals surface area contributed by atoms with E-state index in [-0.39, 0.29) is 66.1 Å². The summed E-state index contributed by atoms with van der Waals surface area (Å²) in [7, 11) is -9.28. The highest BCUT2D eigenvalue weighted by atomic mass is 79.9. The molecule has 0 aliphatic carbocycles. The predicted octanol–water partition coefficient (Wildman–Crippen LogP) is 6.41. The third-order valence-corrected chi connectivity index (χ3v) is 8.88. The SMILES string of the molecule is C=C(Br)C(=O)Nc1ccc(S(=O)(=O)O)c(Nc2nc(Cl)nc(Nc3ccc(N=Nc4ccc(S(=O)(=O)O)c5ccccc45)c(NC(N)=O)c3)n2)c1. The molecule has 1 heterocycles. The van der Waals surface area contributed by atoms with Crippen molar-refractivity contribution in [1.82, 2.24) is 15.0 Å². The van der Waals surface area contributed by atoms with Gasteiger partial charge >= 0.3 is 6.03 Å². The van der Waals surface area contributed by atoms with Crippen molar-refractivity contribution in [2.75, 3.05) is 21.3 Å². The highest BCUT2D eigenvalue weighted by Gasteiger charge is 2.20. The molecule has 0 fully saturated rings. The number of rotatable bonds is 11. The number of aromatic nitrogens is 3. The molecule has 0 atom stereocenters. The van der Waals surface area contributed by atoms with Crippen LogP contribution in [0.4, 0.5) is 50.8 Å². The van der Waals surface area contributed by atoms with Crippen molar-refractivity contribution in [3.8, 4) is 0 Å². The Hall–Kier alpha value is -5.58. The van der Waals surface area contributed by atoms with Crippen LogP contribution in [0.5, 0.6) is 0 Å². The zero-order chi connectivity index (χ0) is 37.1. The maximum Gasteiger partial charge on any atom is 0.316 e.